The number of nitrogens with one attached hydrogen (secondary N) is 2. The van der Waals surface area contributed by atoms with E-state index in [1.165, 1.54) is 0 Å². The number of anilines is 1. The second-order valence-corrected chi connectivity index (χ2v) is 6.14. The van der Waals surface area contributed by atoms with Gasteiger partial charge >= 0.3 is 5.97 Å². The number of aromatic nitrogens is 1. The first-order chi connectivity index (χ1) is 12.5. The highest BCUT2D eigenvalue weighted by molar-refractivity contribution is 6.31. The number of ketones is 1. The van der Waals surface area contributed by atoms with Crippen LogP contribution in [0.1, 0.15) is 28.9 Å². The van der Waals surface area contributed by atoms with Crippen LogP contribution in [-0.2, 0) is 9.59 Å². The number of carboxylic acids is 1. The molecule has 1 amide bonds. The Kier molecular flexibility index (Phi) is 5.04. The van der Waals surface area contributed by atoms with E-state index in [0.717, 1.165) is 0 Å². The van der Waals surface area contributed by atoms with Gasteiger partial charge < -0.3 is 15.4 Å². The van der Waals surface area contributed by atoms with Crippen molar-refractivity contribution in [2.24, 2.45) is 0 Å². The van der Waals surface area contributed by atoms with Crippen molar-refractivity contribution in [1.82, 2.24) is 4.98 Å². The van der Waals surface area contributed by atoms with Crippen LogP contribution in [0.25, 0.3) is 10.9 Å². The van der Waals surface area contributed by atoms with Crippen LogP contribution in [-0.4, -0.2) is 27.8 Å². The summed E-state index contributed by atoms with van der Waals surface area (Å²) in [6, 6.07) is 13.7. The smallest absolute Gasteiger partial charge is 0.303 e. The van der Waals surface area contributed by atoms with Gasteiger partial charge in [-0.3, -0.25) is 14.4 Å². The summed E-state index contributed by atoms with van der Waals surface area (Å²) in [6.07, 6.45) is -0.476. The average molecular weight is 371 g/mol. The molecule has 1 heterocycles. The highest BCUT2D eigenvalue weighted by atomic mass is 35.5. The molecule has 0 unspecified atom stereocenters. The summed E-state index contributed by atoms with van der Waals surface area (Å²) in [5, 5.41) is 12.5. The molecule has 1 aromatic heterocycles. The third-order valence-electron chi connectivity index (χ3n) is 3.85. The van der Waals surface area contributed by atoms with Crippen molar-refractivity contribution >= 4 is 45.9 Å². The highest BCUT2D eigenvalue weighted by Crippen LogP contribution is 2.31. The molecule has 0 aliphatic carbocycles. The summed E-state index contributed by atoms with van der Waals surface area (Å²) in [5.41, 5.74) is 1.61. The lowest BCUT2D eigenvalue weighted by molar-refractivity contribution is -0.138. The third-order valence-corrected chi connectivity index (χ3v) is 4.09. The fourth-order valence-corrected chi connectivity index (χ4v) is 2.80. The number of rotatable bonds is 6. The van der Waals surface area contributed by atoms with Gasteiger partial charge in [-0.25, -0.2) is 0 Å². The summed E-state index contributed by atoms with van der Waals surface area (Å²) in [4.78, 5) is 38.6. The fourth-order valence-electron chi connectivity index (χ4n) is 2.63. The minimum Gasteiger partial charge on any atom is -0.481 e. The summed E-state index contributed by atoms with van der Waals surface area (Å²) < 4.78 is 0. The van der Waals surface area contributed by atoms with E-state index in [1.54, 1.807) is 48.5 Å². The van der Waals surface area contributed by atoms with E-state index in [1.807, 2.05) is 0 Å². The van der Waals surface area contributed by atoms with E-state index in [2.05, 4.69) is 10.3 Å². The molecule has 0 aliphatic heterocycles. The Hall–Kier alpha value is -3.12. The molecule has 0 saturated heterocycles. The van der Waals surface area contributed by atoms with Gasteiger partial charge in [0.05, 0.1) is 12.1 Å². The first-order valence-corrected chi connectivity index (χ1v) is 8.26. The molecular formula is C19H15ClN2O4. The number of fused-ring (bicyclic) bond motifs is 1. The van der Waals surface area contributed by atoms with Gasteiger partial charge in [0.15, 0.2) is 0 Å². The Morgan fingerprint density at radius 3 is 2.46 bits per heavy atom. The highest BCUT2D eigenvalue weighted by Gasteiger charge is 2.21. The molecule has 0 spiro atoms. The molecule has 0 saturated carbocycles. The SMILES string of the molecule is O=C(O)CCC(=O)Nc1c(C(=O)c2ccccc2)[nH]c2cc(Cl)ccc12. The molecule has 0 atom stereocenters. The maximum atomic E-state index is 12.9. The van der Waals surface area contributed by atoms with Crippen LogP contribution in [0.15, 0.2) is 48.5 Å². The second kappa shape index (κ2) is 7.41. The van der Waals surface area contributed by atoms with Crippen molar-refractivity contribution in [3.05, 3.63) is 64.8 Å². The van der Waals surface area contributed by atoms with Crippen LogP contribution in [0.2, 0.25) is 5.02 Å². The molecule has 2 aromatic carbocycles. The predicted molar refractivity (Wildman–Crippen MR) is 98.7 cm³/mol. The van der Waals surface area contributed by atoms with E-state index in [9.17, 15) is 14.4 Å². The number of aromatic amines is 1. The average Bonchev–Trinajstić information content (AvgIpc) is 2.97. The van der Waals surface area contributed by atoms with Crippen molar-refractivity contribution < 1.29 is 19.5 Å². The van der Waals surface area contributed by atoms with E-state index >= 15 is 0 Å². The monoisotopic (exact) mass is 370 g/mol. The summed E-state index contributed by atoms with van der Waals surface area (Å²) >= 11 is 6.01. The number of carbonyl (C=O) groups excluding carboxylic acids is 2. The maximum Gasteiger partial charge on any atom is 0.303 e. The lowest BCUT2D eigenvalue weighted by atomic mass is 10.1. The number of amides is 1. The topological polar surface area (TPSA) is 99.3 Å². The largest absolute Gasteiger partial charge is 0.481 e. The van der Waals surface area contributed by atoms with Crippen LogP contribution in [0, 0.1) is 0 Å². The van der Waals surface area contributed by atoms with E-state index in [4.69, 9.17) is 16.7 Å². The third kappa shape index (κ3) is 3.75. The Morgan fingerprint density at radius 1 is 1.04 bits per heavy atom. The van der Waals surface area contributed by atoms with Crippen LogP contribution >= 0.6 is 11.6 Å². The van der Waals surface area contributed by atoms with Crippen LogP contribution in [0.5, 0.6) is 0 Å². The van der Waals surface area contributed by atoms with E-state index < -0.39 is 11.9 Å². The van der Waals surface area contributed by atoms with Gasteiger partial charge in [0.1, 0.15) is 5.69 Å². The molecule has 3 rings (SSSR count). The van der Waals surface area contributed by atoms with Gasteiger partial charge in [-0.15, -0.1) is 0 Å². The van der Waals surface area contributed by atoms with Gasteiger partial charge in [0.2, 0.25) is 11.7 Å². The number of aliphatic carboxylic acids is 1. The lowest BCUT2D eigenvalue weighted by Crippen LogP contribution is -2.15. The molecular weight excluding hydrogens is 356 g/mol. The van der Waals surface area contributed by atoms with E-state index in [0.29, 0.717) is 27.2 Å². The number of hydrogen-bond acceptors (Lipinski definition) is 3. The van der Waals surface area contributed by atoms with Gasteiger partial charge in [-0.2, -0.15) is 0 Å². The van der Waals surface area contributed by atoms with Crippen LogP contribution in [0.3, 0.4) is 0 Å². The van der Waals surface area contributed by atoms with Crippen molar-refractivity contribution in [2.45, 2.75) is 12.8 Å². The number of H-pyrrole nitrogens is 1. The summed E-state index contributed by atoms with van der Waals surface area (Å²) in [6.45, 7) is 0. The molecule has 0 bridgehead atoms. The van der Waals surface area contributed by atoms with Crippen molar-refractivity contribution in [2.75, 3.05) is 5.32 Å². The van der Waals surface area contributed by atoms with Crippen molar-refractivity contribution in [1.29, 1.82) is 0 Å². The van der Waals surface area contributed by atoms with Gasteiger partial charge in [-0.05, 0) is 18.2 Å². The quantitative estimate of drug-likeness (QED) is 0.574. The van der Waals surface area contributed by atoms with Crippen molar-refractivity contribution in [3.63, 3.8) is 0 Å². The summed E-state index contributed by atoms with van der Waals surface area (Å²) in [7, 11) is 0. The Morgan fingerprint density at radius 2 is 1.77 bits per heavy atom. The molecule has 3 aromatic rings. The standard InChI is InChI=1S/C19H15ClN2O4/c20-12-6-7-13-14(10-12)21-18(19(26)11-4-2-1-3-5-11)17(13)22-15(23)8-9-16(24)25/h1-7,10,21H,8-9H2,(H,22,23)(H,24,25). The Labute approximate surface area is 153 Å². The molecule has 0 aliphatic rings. The number of benzene rings is 2. The zero-order valence-electron chi connectivity index (χ0n) is 13.6. The molecule has 132 valence electrons. The fraction of sp³-hybridized carbons (Fsp3) is 0.105. The minimum atomic E-state index is -1.06. The lowest BCUT2D eigenvalue weighted by Gasteiger charge is -2.07. The zero-order valence-corrected chi connectivity index (χ0v) is 14.3. The van der Waals surface area contributed by atoms with Crippen molar-refractivity contribution in [3.8, 4) is 0 Å². The minimum absolute atomic E-state index is 0.186. The Balaban J connectivity index is 2.02. The molecule has 0 radical (unpaired) electrons. The second-order valence-electron chi connectivity index (χ2n) is 5.70. The summed E-state index contributed by atoms with van der Waals surface area (Å²) in [5.74, 6) is -1.83. The number of hydrogen-bond donors (Lipinski definition) is 3. The number of carboxylic acid groups (broad SMARTS) is 1. The van der Waals surface area contributed by atoms with Gasteiger partial charge in [0.25, 0.3) is 0 Å². The van der Waals surface area contributed by atoms with E-state index in [-0.39, 0.29) is 24.3 Å². The normalized spacial score (nSPS) is 10.7. The van der Waals surface area contributed by atoms with Crippen LogP contribution < -0.4 is 5.32 Å². The van der Waals surface area contributed by atoms with Gasteiger partial charge in [0, 0.05) is 27.9 Å². The predicted octanol–water partition coefficient (Wildman–Crippen LogP) is 3.86. The zero-order chi connectivity index (χ0) is 18.7. The Bertz CT molecular complexity index is 995. The van der Waals surface area contributed by atoms with Gasteiger partial charge in [-0.1, -0.05) is 41.9 Å². The van der Waals surface area contributed by atoms with Crippen LogP contribution in [0.4, 0.5) is 5.69 Å². The molecule has 6 nitrogen and oxygen atoms in total. The molecule has 0 fully saturated rings. The first-order valence-electron chi connectivity index (χ1n) is 7.88. The molecule has 3 N–H and O–H groups in total. The molecule has 7 heteroatoms. The number of halogens is 1. The first kappa shape index (κ1) is 17.7. The number of carbonyl (C=O) groups is 3. The maximum absolute atomic E-state index is 12.9. The molecule has 26 heavy (non-hydrogen) atoms.